The molecule has 154 valence electrons. The van der Waals surface area contributed by atoms with Gasteiger partial charge in [-0.2, -0.15) is 13.2 Å². The highest BCUT2D eigenvalue weighted by Gasteiger charge is 2.36. The minimum Gasteiger partial charge on any atom is -0.449 e. The van der Waals surface area contributed by atoms with Crippen LogP contribution in [0.5, 0.6) is 0 Å². The summed E-state index contributed by atoms with van der Waals surface area (Å²) in [5.41, 5.74) is -3.27. The first kappa shape index (κ1) is 22.1. The van der Waals surface area contributed by atoms with Crippen LogP contribution >= 0.6 is 11.6 Å². The van der Waals surface area contributed by atoms with Gasteiger partial charge in [0.05, 0.1) is 26.8 Å². The predicted octanol–water partition coefficient (Wildman–Crippen LogP) is 4.59. The molecule has 0 bridgehead atoms. The smallest absolute Gasteiger partial charge is 0.418 e. The molecular formula is C17H11ClF4N2O5. The summed E-state index contributed by atoms with van der Waals surface area (Å²) in [5.74, 6) is -2.94. The van der Waals surface area contributed by atoms with Gasteiger partial charge in [-0.15, -0.1) is 0 Å². The van der Waals surface area contributed by atoms with Crippen LogP contribution in [0.15, 0.2) is 36.4 Å². The molecule has 0 spiro atoms. The van der Waals surface area contributed by atoms with Crippen LogP contribution in [0.1, 0.15) is 22.8 Å². The molecule has 29 heavy (non-hydrogen) atoms. The van der Waals surface area contributed by atoms with Gasteiger partial charge in [0.1, 0.15) is 5.82 Å². The summed E-state index contributed by atoms with van der Waals surface area (Å²) >= 11 is 5.71. The number of hydrogen-bond acceptors (Lipinski definition) is 5. The number of carbonyl (C=O) groups excluding carboxylic acids is 2. The topological polar surface area (TPSA) is 98.5 Å². The SMILES string of the molecule is CC(OC(=O)c1ccc(F)cc1Cl)C(=O)Nc1ccc([N+](=O)[O-])cc1C(F)(F)F. The van der Waals surface area contributed by atoms with Crippen LogP contribution in [0, 0.1) is 15.9 Å². The second kappa shape index (κ2) is 8.43. The van der Waals surface area contributed by atoms with Crippen molar-refractivity contribution < 1.29 is 36.8 Å². The summed E-state index contributed by atoms with van der Waals surface area (Å²) in [6.07, 6.45) is -6.55. The quantitative estimate of drug-likeness (QED) is 0.321. The Hall–Kier alpha value is -3.21. The Kier molecular flexibility index (Phi) is 6.42. The van der Waals surface area contributed by atoms with E-state index in [1.807, 2.05) is 5.32 Å². The van der Waals surface area contributed by atoms with Crippen molar-refractivity contribution in [1.82, 2.24) is 0 Å². The van der Waals surface area contributed by atoms with E-state index >= 15 is 0 Å². The number of nitro benzene ring substituents is 1. The van der Waals surface area contributed by atoms with Crippen LogP contribution in [0.4, 0.5) is 28.9 Å². The Bertz CT molecular complexity index is 981. The van der Waals surface area contributed by atoms with Crippen molar-refractivity contribution in [3.05, 3.63) is 68.5 Å². The number of ether oxygens (including phenoxy) is 1. The van der Waals surface area contributed by atoms with E-state index in [1.165, 1.54) is 0 Å². The zero-order valence-electron chi connectivity index (χ0n) is 14.4. The molecule has 0 aliphatic rings. The Labute approximate surface area is 165 Å². The molecule has 12 heteroatoms. The minimum atomic E-state index is -4.99. The van der Waals surface area contributed by atoms with E-state index in [-0.39, 0.29) is 16.7 Å². The van der Waals surface area contributed by atoms with Crippen molar-refractivity contribution in [2.45, 2.75) is 19.2 Å². The maximum absolute atomic E-state index is 13.1. The van der Waals surface area contributed by atoms with Gasteiger partial charge < -0.3 is 10.1 Å². The van der Waals surface area contributed by atoms with Gasteiger partial charge in [-0.3, -0.25) is 14.9 Å². The summed E-state index contributed by atoms with van der Waals surface area (Å²) in [6.45, 7) is 1.09. The van der Waals surface area contributed by atoms with Gasteiger partial charge in [0.15, 0.2) is 6.10 Å². The third kappa shape index (κ3) is 5.41. The van der Waals surface area contributed by atoms with Crippen LogP contribution in [-0.2, 0) is 15.7 Å². The Morgan fingerprint density at radius 3 is 2.41 bits per heavy atom. The lowest BCUT2D eigenvalue weighted by Crippen LogP contribution is -2.31. The lowest BCUT2D eigenvalue weighted by atomic mass is 10.1. The monoisotopic (exact) mass is 434 g/mol. The number of non-ortho nitro benzene ring substituents is 1. The fourth-order valence-electron chi connectivity index (χ4n) is 2.16. The lowest BCUT2D eigenvalue weighted by molar-refractivity contribution is -0.385. The average molecular weight is 435 g/mol. The van der Waals surface area contributed by atoms with Crippen molar-refractivity contribution in [1.29, 1.82) is 0 Å². The number of nitro groups is 1. The number of halogens is 5. The number of nitrogens with one attached hydrogen (secondary N) is 1. The van der Waals surface area contributed by atoms with Gasteiger partial charge in [0.2, 0.25) is 0 Å². The molecule has 0 aromatic heterocycles. The van der Waals surface area contributed by atoms with E-state index < -0.39 is 51.8 Å². The first-order valence-corrected chi connectivity index (χ1v) is 8.10. The van der Waals surface area contributed by atoms with E-state index in [1.54, 1.807) is 0 Å². The Morgan fingerprint density at radius 2 is 1.86 bits per heavy atom. The molecule has 1 atom stereocenters. The van der Waals surface area contributed by atoms with Crippen molar-refractivity contribution >= 4 is 34.9 Å². The fraction of sp³-hybridized carbons (Fsp3) is 0.176. The van der Waals surface area contributed by atoms with Gasteiger partial charge in [-0.1, -0.05) is 11.6 Å². The standard InChI is InChI=1S/C17H11ClF4N2O5/c1-8(29-16(26)11-4-2-9(19)6-13(11)18)15(25)23-14-5-3-10(24(27)28)7-12(14)17(20,21)22/h2-8H,1H3,(H,23,25). The molecule has 0 saturated carbocycles. The Balaban J connectivity index is 2.19. The van der Waals surface area contributed by atoms with Crippen molar-refractivity contribution in [2.24, 2.45) is 0 Å². The van der Waals surface area contributed by atoms with Gasteiger partial charge in [-0.05, 0) is 31.2 Å². The van der Waals surface area contributed by atoms with Crippen molar-refractivity contribution in [3.8, 4) is 0 Å². The highest BCUT2D eigenvalue weighted by atomic mass is 35.5. The molecule has 2 aromatic carbocycles. The fourth-order valence-corrected chi connectivity index (χ4v) is 2.40. The average Bonchev–Trinajstić information content (AvgIpc) is 2.60. The maximum Gasteiger partial charge on any atom is 0.418 e. The number of anilines is 1. The van der Waals surface area contributed by atoms with Crippen molar-refractivity contribution in [3.63, 3.8) is 0 Å². The third-order valence-electron chi connectivity index (χ3n) is 3.58. The highest BCUT2D eigenvalue weighted by molar-refractivity contribution is 6.33. The molecule has 0 aliphatic carbocycles. The molecule has 2 aromatic rings. The number of nitrogens with zero attached hydrogens (tertiary/aromatic N) is 1. The van der Waals surface area contributed by atoms with Crippen LogP contribution in [0.3, 0.4) is 0 Å². The van der Waals surface area contributed by atoms with Gasteiger partial charge in [0.25, 0.3) is 11.6 Å². The second-order valence-electron chi connectivity index (χ2n) is 5.65. The van der Waals surface area contributed by atoms with E-state index in [9.17, 15) is 37.3 Å². The maximum atomic E-state index is 13.1. The van der Waals surface area contributed by atoms with E-state index in [2.05, 4.69) is 0 Å². The molecule has 0 aliphatic heterocycles. The summed E-state index contributed by atoms with van der Waals surface area (Å²) in [4.78, 5) is 33.8. The number of benzene rings is 2. The van der Waals surface area contributed by atoms with Crippen LogP contribution in [0.2, 0.25) is 5.02 Å². The lowest BCUT2D eigenvalue weighted by Gasteiger charge is -2.17. The molecule has 0 heterocycles. The normalized spacial score (nSPS) is 12.2. The van der Waals surface area contributed by atoms with E-state index in [0.717, 1.165) is 31.2 Å². The van der Waals surface area contributed by atoms with Crippen LogP contribution in [0.25, 0.3) is 0 Å². The number of carbonyl (C=O) groups is 2. The summed E-state index contributed by atoms with van der Waals surface area (Å²) < 4.78 is 57.3. The number of esters is 1. The molecular weight excluding hydrogens is 424 g/mol. The number of amides is 1. The number of rotatable bonds is 5. The molecule has 2 rings (SSSR count). The molecule has 0 radical (unpaired) electrons. The first-order valence-electron chi connectivity index (χ1n) is 7.72. The minimum absolute atomic E-state index is 0.251. The third-order valence-corrected chi connectivity index (χ3v) is 3.89. The zero-order chi connectivity index (χ0) is 21.9. The highest BCUT2D eigenvalue weighted by Crippen LogP contribution is 2.37. The first-order chi connectivity index (χ1) is 13.4. The van der Waals surface area contributed by atoms with Crippen LogP contribution in [-0.4, -0.2) is 22.9 Å². The molecule has 1 N–H and O–H groups in total. The summed E-state index contributed by atoms with van der Waals surface area (Å²) in [6, 6.07) is 4.55. The molecule has 0 fully saturated rings. The van der Waals surface area contributed by atoms with Crippen LogP contribution < -0.4 is 5.32 Å². The van der Waals surface area contributed by atoms with Crippen molar-refractivity contribution in [2.75, 3.05) is 5.32 Å². The molecule has 7 nitrogen and oxygen atoms in total. The van der Waals surface area contributed by atoms with Gasteiger partial charge >= 0.3 is 12.1 Å². The molecule has 1 amide bonds. The summed E-state index contributed by atoms with van der Waals surface area (Å²) in [7, 11) is 0. The number of hydrogen-bond donors (Lipinski definition) is 1. The zero-order valence-corrected chi connectivity index (χ0v) is 15.2. The molecule has 0 saturated heterocycles. The predicted molar refractivity (Wildman–Crippen MR) is 93.0 cm³/mol. The molecule has 1 unspecified atom stereocenters. The Morgan fingerprint density at radius 1 is 1.21 bits per heavy atom. The van der Waals surface area contributed by atoms with E-state index in [0.29, 0.717) is 6.07 Å². The summed E-state index contributed by atoms with van der Waals surface area (Å²) in [5, 5.41) is 12.3. The largest absolute Gasteiger partial charge is 0.449 e. The van der Waals surface area contributed by atoms with Gasteiger partial charge in [0, 0.05) is 12.1 Å². The van der Waals surface area contributed by atoms with E-state index in [4.69, 9.17) is 16.3 Å². The second-order valence-corrected chi connectivity index (χ2v) is 6.05. The van der Waals surface area contributed by atoms with Gasteiger partial charge in [-0.25, -0.2) is 9.18 Å². The number of alkyl halides is 3.